The third-order valence-electron chi connectivity index (χ3n) is 9.61. The number of aliphatic hydroxyl groups is 1. The van der Waals surface area contributed by atoms with Crippen molar-refractivity contribution in [2.75, 3.05) is 44.0 Å². The van der Waals surface area contributed by atoms with Gasteiger partial charge < -0.3 is 53.4 Å². The van der Waals surface area contributed by atoms with Gasteiger partial charge in [-0.15, -0.1) is 0 Å². The van der Waals surface area contributed by atoms with Gasteiger partial charge in [0.25, 0.3) is 0 Å². The first-order chi connectivity index (χ1) is 28.1. The molecule has 13 N–H and O–H groups in total. The van der Waals surface area contributed by atoms with Gasteiger partial charge in [-0.05, 0) is 62.9 Å². The Morgan fingerprint density at radius 1 is 0.814 bits per heavy atom. The molecule has 21 nitrogen and oxygen atoms in total. The number of primary amides is 1. The zero-order valence-electron chi connectivity index (χ0n) is 33.9. The monoisotopic (exact) mass is 874 g/mol. The highest BCUT2D eigenvalue weighted by molar-refractivity contribution is 8.00. The molecule has 334 valence electrons. The predicted octanol–water partition coefficient (Wildman–Crippen LogP) is -2.53. The fourth-order valence-electron chi connectivity index (χ4n) is 6.51. The molecule has 2 aliphatic heterocycles. The van der Waals surface area contributed by atoms with E-state index in [9.17, 15) is 48.3 Å². The largest absolute Gasteiger partial charge is 0.394 e. The quantitative estimate of drug-likeness (QED) is 0.0160. The molecule has 0 aliphatic carbocycles. The number of carbonyl (C=O) groups excluding carboxylic acids is 9. The van der Waals surface area contributed by atoms with Crippen LogP contribution in [-0.4, -0.2) is 143 Å². The molecule has 2 heterocycles. The van der Waals surface area contributed by atoms with E-state index in [-0.39, 0.29) is 55.6 Å². The fraction of sp³-hybridized carbons (Fsp3) is 0.750. The molecule has 7 atom stereocenters. The van der Waals surface area contributed by atoms with E-state index in [1.165, 1.54) is 17.2 Å². The number of urea groups is 1. The summed E-state index contributed by atoms with van der Waals surface area (Å²) in [4.78, 5) is 111. The number of hydroxylamine groups is 1. The molecule has 0 bridgehead atoms. The van der Waals surface area contributed by atoms with Gasteiger partial charge in [-0.1, -0.05) is 20.3 Å². The van der Waals surface area contributed by atoms with Gasteiger partial charge in [-0.25, -0.2) is 10.3 Å². The van der Waals surface area contributed by atoms with Gasteiger partial charge in [0.1, 0.15) is 18.1 Å². The second-order valence-electron chi connectivity index (χ2n) is 14.9. The number of hydrogen-bond donors (Lipinski definition) is 12. The number of aliphatic hydroxyl groups excluding tert-OH is 1. The van der Waals surface area contributed by atoms with Gasteiger partial charge in [-0.2, -0.15) is 23.5 Å². The maximum absolute atomic E-state index is 13.0. The minimum atomic E-state index is -1.47. The molecule has 0 spiro atoms. The van der Waals surface area contributed by atoms with E-state index in [2.05, 4.69) is 42.5 Å². The number of amides is 10. The average molecular weight is 875 g/mol. The van der Waals surface area contributed by atoms with Crippen molar-refractivity contribution >= 4 is 76.8 Å². The molecular weight excluding hydrogens is 813 g/mol. The predicted molar refractivity (Wildman–Crippen MR) is 219 cm³/mol. The molecule has 2 aliphatic rings. The van der Waals surface area contributed by atoms with Gasteiger partial charge in [0, 0.05) is 36.3 Å². The van der Waals surface area contributed by atoms with Crippen molar-refractivity contribution in [1.82, 2.24) is 48.0 Å². The van der Waals surface area contributed by atoms with E-state index in [1.807, 2.05) is 25.6 Å². The Bertz CT molecular complexity index is 1460. The molecule has 2 saturated heterocycles. The summed E-state index contributed by atoms with van der Waals surface area (Å²) in [6.45, 7) is 2.11. The Morgan fingerprint density at radius 2 is 1.53 bits per heavy atom. The van der Waals surface area contributed by atoms with Crippen LogP contribution in [0.3, 0.4) is 0 Å². The summed E-state index contributed by atoms with van der Waals surface area (Å²) in [7, 11) is 0. The number of nitrogens with two attached hydrogens (primary N) is 1. The highest BCUT2D eigenvalue weighted by Crippen LogP contribution is 2.33. The van der Waals surface area contributed by atoms with Crippen LogP contribution in [0.2, 0.25) is 0 Å². The van der Waals surface area contributed by atoms with Crippen LogP contribution in [0.5, 0.6) is 0 Å². The van der Waals surface area contributed by atoms with Crippen LogP contribution >= 0.6 is 23.5 Å². The first-order valence-electron chi connectivity index (χ1n) is 19.8. The smallest absolute Gasteiger partial charge is 0.315 e. The number of carbonyl (C=O) groups is 9. The number of nitrogens with one attached hydrogen (secondary N) is 9. The topological polar surface area (TPSA) is 328 Å². The standard InChI is InChI=1S/C36H62N10O11S2/c1-20(2)14-21(15-28(49)46-57)33(53)43-24(18-47)35(55)42-23(11-13-58-3)34(54)40-16-29(50)39-17-30(51)41-22(32(37)52)8-6-7-12-38-27(48)10-5-4-9-26-31-25(19-59-26)44-36(56)45-31/h20-26,31,47,57H,4-19H2,1-3H3,(H2,37,52)(H,38,48)(H,39,50)(H,40,54)(H,41,51)(H,42,55)(H,43,53)(H,46,49)(H2,44,45,56)/t21?,22-,23-,24-,25-,26-,31-/m0/s1. The van der Waals surface area contributed by atoms with Crippen LogP contribution in [0, 0.1) is 11.8 Å². The van der Waals surface area contributed by atoms with E-state index in [0.29, 0.717) is 36.8 Å². The van der Waals surface area contributed by atoms with E-state index in [0.717, 1.165) is 25.0 Å². The van der Waals surface area contributed by atoms with E-state index in [1.54, 1.807) is 6.26 Å². The lowest BCUT2D eigenvalue weighted by Crippen LogP contribution is -2.56. The summed E-state index contributed by atoms with van der Waals surface area (Å²) < 4.78 is 0. The van der Waals surface area contributed by atoms with Crippen molar-refractivity contribution in [2.24, 2.45) is 17.6 Å². The molecule has 1 unspecified atom stereocenters. The summed E-state index contributed by atoms with van der Waals surface area (Å²) >= 11 is 3.22. The average Bonchev–Trinajstić information content (AvgIpc) is 3.75. The SMILES string of the molecule is CSCC[C@H](NC(=O)[C@H](CO)NC(=O)C(CC(=O)NO)CC(C)C)C(=O)NCC(=O)NCC(=O)N[C@@H](CCCCNC(=O)CCCC[C@@H]1SC[C@@H]2NC(=O)N[C@@H]21)C(N)=O. The zero-order valence-corrected chi connectivity index (χ0v) is 35.5. The van der Waals surface area contributed by atoms with Crippen molar-refractivity contribution in [2.45, 2.75) is 114 Å². The summed E-state index contributed by atoms with van der Waals surface area (Å²) in [5.41, 5.74) is 6.93. The number of thioether (sulfide) groups is 2. The van der Waals surface area contributed by atoms with Crippen molar-refractivity contribution in [3.8, 4) is 0 Å². The van der Waals surface area contributed by atoms with E-state index < -0.39 is 85.1 Å². The minimum absolute atomic E-state index is 0.0133. The number of fused-ring (bicyclic) bond motifs is 1. The zero-order chi connectivity index (χ0) is 43.9. The molecule has 0 aromatic rings. The maximum atomic E-state index is 13.0. The lowest BCUT2D eigenvalue weighted by atomic mass is 9.92. The fourth-order valence-corrected chi connectivity index (χ4v) is 8.52. The van der Waals surface area contributed by atoms with Crippen molar-refractivity contribution in [1.29, 1.82) is 0 Å². The first-order valence-corrected chi connectivity index (χ1v) is 22.2. The normalized spacial score (nSPS) is 18.8. The van der Waals surface area contributed by atoms with E-state index >= 15 is 0 Å². The molecule has 0 aromatic heterocycles. The first kappa shape index (κ1) is 50.8. The van der Waals surface area contributed by atoms with Crippen LogP contribution in [0.15, 0.2) is 0 Å². The van der Waals surface area contributed by atoms with Gasteiger partial charge in [0.2, 0.25) is 47.3 Å². The molecule has 0 aromatic carbocycles. The lowest BCUT2D eigenvalue weighted by molar-refractivity contribution is -0.137. The molecule has 2 fully saturated rings. The third kappa shape index (κ3) is 19.5. The lowest BCUT2D eigenvalue weighted by Gasteiger charge is -2.24. The highest BCUT2D eigenvalue weighted by atomic mass is 32.2. The maximum Gasteiger partial charge on any atom is 0.315 e. The number of hydrogen-bond acceptors (Lipinski definition) is 13. The highest BCUT2D eigenvalue weighted by Gasteiger charge is 2.42. The van der Waals surface area contributed by atoms with Crippen LogP contribution < -0.4 is 53.7 Å². The Kier molecular flexibility index (Phi) is 23.6. The van der Waals surface area contributed by atoms with Crippen molar-refractivity contribution < 1.29 is 53.5 Å². The Balaban J connectivity index is 1.70. The second kappa shape index (κ2) is 27.4. The number of unbranched alkanes of at least 4 members (excludes halogenated alkanes) is 2. The molecule has 10 amide bonds. The van der Waals surface area contributed by atoms with Gasteiger partial charge in [0.05, 0.1) is 31.8 Å². The van der Waals surface area contributed by atoms with Crippen LogP contribution in [0.25, 0.3) is 0 Å². The Hall–Kier alpha value is -4.35. The summed E-state index contributed by atoms with van der Waals surface area (Å²) in [6.07, 6.45) is 5.90. The van der Waals surface area contributed by atoms with Crippen LogP contribution in [-0.2, 0) is 38.4 Å². The van der Waals surface area contributed by atoms with Crippen molar-refractivity contribution in [3.05, 3.63) is 0 Å². The summed E-state index contributed by atoms with van der Waals surface area (Å²) in [5.74, 6) is -5.04. The molecule has 0 radical (unpaired) electrons. The number of rotatable bonds is 29. The van der Waals surface area contributed by atoms with Crippen LogP contribution in [0.1, 0.15) is 78.1 Å². The van der Waals surface area contributed by atoms with Gasteiger partial charge in [0.15, 0.2) is 0 Å². The summed E-state index contributed by atoms with van der Waals surface area (Å²) in [5, 5.41) is 39.8. The Morgan fingerprint density at radius 3 is 2.19 bits per heavy atom. The van der Waals surface area contributed by atoms with E-state index in [4.69, 9.17) is 10.9 Å². The van der Waals surface area contributed by atoms with Crippen molar-refractivity contribution in [3.63, 3.8) is 0 Å². The molecule has 23 heteroatoms. The molecule has 0 saturated carbocycles. The molecule has 2 rings (SSSR count). The second-order valence-corrected chi connectivity index (χ2v) is 17.1. The Labute approximate surface area is 352 Å². The van der Waals surface area contributed by atoms with Crippen LogP contribution in [0.4, 0.5) is 4.79 Å². The molecule has 59 heavy (non-hydrogen) atoms. The molecular formula is C36H62N10O11S2. The summed E-state index contributed by atoms with van der Waals surface area (Å²) in [6, 6.07) is -3.46. The minimum Gasteiger partial charge on any atom is -0.394 e. The van der Waals surface area contributed by atoms with Gasteiger partial charge >= 0.3 is 6.03 Å². The van der Waals surface area contributed by atoms with Gasteiger partial charge in [-0.3, -0.25) is 43.6 Å². The third-order valence-corrected chi connectivity index (χ3v) is 11.8.